The lowest BCUT2D eigenvalue weighted by atomic mass is 9.97. The molecule has 3 rings (SSSR count). The molecule has 1 aliphatic heterocycles. The molecule has 1 saturated heterocycles. The highest BCUT2D eigenvalue weighted by molar-refractivity contribution is 6.30. The van der Waals surface area contributed by atoms with E-state index in [0.29, 0.717) is 5.92 Å². The summed E-state index contributed by atoms with van der Waals surface area (Å²) in [6.45, 7) is 4.25. The second-order valence-corrected chi connectivity index (χ2v) is 6.23. The minimum atomic E-state index is 0.493. The smallest absolute Gasteiger partial charge is 0.131 e. The maximum absolute atomic E-state index is 6.20. The van der Waals surface area contributed by atoms with Crippen molar-refractivity contribution in [3.63, 3.8) is 0 Å². The first kappa shape index (κ1) is 14.4. The second kappa shape index (κ2) is 6.08. The van der Waals surface area contributed by atoms with E-state index in [1.54, 1.807) is 0 Å². The molecular weight excluding hydrogens is 282 g/mol. The van der Waals surface area contributed by atoms with E-state index < -0.39 is 0 Å². The third-order valence-electron chi connectivity index (χ3n) is 4.12. The molecule has 3 heteroatoms. The zero-order valence-electron chi connectivity index (χ0n) is 12.5. The van der Waals surface area contributed by atoms with Crippen molar-refractivity contribution < 1.29 is 4.74 Å². The average molecular weight is 302 g/mol. The Kier molecular flexibility index (Phi) is 4.18. The molecule has 1 atom stereocenters. The molecule has 110 valence electrons. The third-order valence-corrected chi connectivity index (χ3v) is 4.35. The topological polar surface area (TPSA) is 12.5 Å². The third kappa shape index (κ3) is 3.22. The van der Waals surface area contributed by atoms with Gasteiger partial charge in [-0.25, -0.2) is 0 Å². The van der Waals surface area contributed by atoms with Crippen molar-refractivity contribution in [2.45, 2.75) is 19.3 Å². The quantitative estimate of drug-likeness (QED) is 0.802. The first-order valence-corrected chi connectivity index (χ1v) is 7.73. The number of hydrogen-bond donors (Lipinski definition) is 0. The molecule has 0 aliphatic carbocycles. The molecule has 1 fully saturated rings. The molecule has 0 N–H and O–H groups in total. The first-order chi connectivity index (χ1) is 10.1. The maximum Gasteiger partial charge on any atom is 0.131 e. The monoisotopic (exact) mass is 301 g/mol. The molecule has 1 aliphatic rings. The summed E-state index contributed by atoms with van der Waals surface area (Å²) in [5.41, 5.74) is 2.36. The normalized spacial score (nSPS) is 18.9. The van der Waals surface area contributed by atoms with Gasteiger partial charge in [-0.3, -0.25) is 0 Å². The highest BCUT2D eigenvalue weighted by atomic mass is 35.5. The Morgan fingerprint density at radius 3 is 2.67 bits per heavy atom. The van der Waals surface area contributed by atoms with Crippen LogP contribution in [0.1, 0.15) is 23.5 Å². The fraction of sp³-hybridized carbons (Fsp3) is 0.333. The first-order valence-electron chi connectivity index (χ1n) is 7.35. The Hall–Kier alpha value is -1.51. The number of benzene rings is 2. The van der Waals surface area contributed by atoms with Crippen LogP contribution in [-0.4, -0.2) is 25.0 Å². The molecular formula is C18H20ClNO. The zero-order valence-corrected chi connectivity index (χ0v) is 13.2. The molecule has 2 aromatic carbocycles. The molecule has 1 heterocycles. The Morgan fingerprint density at radius 1 is 1.14 bits per heavy atom. The largest absolute Gasteiger partial charge is 0.457 e. The van der Waals surface area contributed by atoms with E-state index in [1.807, 2.05) is 30.3 Å². The van der Waals surface area contributed by atoms with E-state index in [9.17, 15) is 0 Å². The molecule has 0 radical (unpaired) electrons. The van der Waals surface area contributed by atoms with Crippen LogP contribution in [0.5, 0.6) is 11.5 Å². The Balaban J connectivity index is 1.93. The molecule has 2 nitrogen and oxygen atoms in total. The van der Waals surface area contributed by atoms with E-state index in [1.165, 1.54) is 5.56 Å². The number of likely N-dealkylation sites (tertiary alicyclic amines) is 1. The van der Waals surface area contributed by atoms with E-state index >= 15 is 0 Å². The van der Waals surface area contributed by atoms with E-state index in [2.05, 4.69) is 31.0 Å². The maximum atomic E-state index is 6.20. The van der Waals surface area contributed by atoms with Crippen molar-refractivity contribution in [1.82, 2.24) is 4.90 Å². The number of hydrogen-bond acceptors (Lipinski definition) is 2. The van der Waals surface area contributed by atoms with Crippen molar-refractivity contribution in [3.8, 4) is 11.5 Å². The Morgan fingerprint density at radius 2 is 1.95 bits per heavy atom. The Bertz CT molecular complexity index is 641. The standard InChI is InChI=1S/C18H20ClNO/c1-13-5-3-4-6-17(13)21-18-8-7-15(19)11-16(18)14-9-10-20(2)12-14/h3-8,11,14H,9-10,12H2,1-2H3/t14-/m1/s1. The van der Waals surface area contributed by atoms with Crippen LogP contribution in [0, 0.1) is 6.92 Å². The summed E-state index contributed by atoms with van der Waals surface area (Å²) in [5, 5.41) is 0.775. The molecule has 0 saturated carbocycles. The van der Waals surface area contributed by atoms with Gasteiger partial charge in [0.05, 0.1) is 0 Å². The van der Waals surface area contributed by atoms with Gasteiger partial charge in [0.1, 0.15) is 11.5 Å². The molecule has 0 aromatic heterocycles. The van der Waals surface area contributed by atoms with E-state index in [4.69, 9.17) is 16.3 Å². The van der Waals surface area contributed by atoms with Crippen molar-refractivity contribution >= 4 is 11.6 Å². The van der Waals surface area contributed by atoms with Crippen LogP contribution in [0.4, 0.5) is 0 Å². The van der Waals surface area contributed by atoms with E-state index in [-0.39, 0.29) is 0 Å². The van der Waals surface area contributed by atoms with Gasteiger partial charge in [0, 0.05) is 23.0 Å². The zero-order chi connectivity index (χ0) is 14.8. The Labute approximate surface area is 131 Å². The van der Waals surface area contributed by atoms with Gasteiger partial charge in [-0.1, -0.05) is 29.8 Å². The minimum absolute atomic E-state index is 0.493. The minimum Gasteiger partial charge on any atom is -0.457 e. The van der Waals surface area contributed by atoms with Gasteiger partial charge in [-0.15, -0.1) is 0 Å². The number of ether oxygens (including phenoxy) is 1. The number of likely N-dealkylation sites (N-methyl/N-ethyl adjacent to an activating group) is 1. The summed E-state index contributed by atoms with van der Waals surface area (Å²) in [4.78, 5) is 2.35. The molecule has 0 spiro atoms. The summed E-state index contributed by atoms with van der Waals surface area (Å²) < 4.78 is 6.17. The summed E-state index contributed by atoms with van der Waals surface area (Å²) in [5.74, 6) is 2.33. The molecule has 2 aromatic rings. The van der Waals surface area contributed by atoms with Crippen LogP contribution in [0.2, 0.25) is 5.02 Å². The van der Waals surface area contributed by atoms with Gasteiger partial charge in [-0.05, 0) is 56.8 Å². The summed E-state index contributed by atoms with van der Waals surface area (Å²) in [7, 11) is 2.16. The van der Waals surface area contributed by atoms with Crippen molar-refractivity contribution in [1.29, 1.82) is 0 Å². The molecule has 0 amide bonds. The van der Waals surface area contributed by atoms with Crippen LogP contribution < -0.4 is 4.74 Å². The summed E-state index contributed by atoms with van der Waals surface area (Å²) >= 11 is 6.20. The van der Waals surface area contributed by atoms with Crippen LogP contribution in [-0.2, 0) is 0 Å². The van der Waals surface area contributed by atoms with Gasteiger partial charge >= 0.3 is 0 Å². The van der Waals surface area contributed by atoms with Crippen LogP contribution in [0.15, 0.2) is 42.5 Å². The lowest BCUT2D eigenvalue weighted by Gasteiger charge is -2.17. The van der Waals surface area contributed by atoms with Crippen molar-refractivity contribution in [2.75, 3.05) is 20.1 Å². The number of para-hydroxylation sites is 1. The van der Waals surface area contributed by atoms with Crippen molar-refractivity contribution in [2.24, 2.45) is 0 Å². The molecule has 0 unspecified atom stereocenters. The SMILES string of the molecule is Cc1ccccc1Oc1ccc(Cl)cc1[C@@H]1CCN(C)C1. The van der Waals surface area contributed by atoms with Crippen LogP contribution in [0.25, 0.3) is 0 Å². The van der Waals surface area contributed by atoms with Crippen molar-refractivity contribution in [3.05, 3.63) is 58.6 Å². The summed E-state index contributed by atoms with van der Waals surface area (Å²) in [6.07, 6.45) is 1.15. The number of aryl methyl sites for hydroxylation is 1. The highest BCUT2D eigenvalue weighted by Gasteiger charge is 2.24. The van der Waals surface area contributed by atoms with Gasteiger partial charge in [-0.2, -0.15) is 0 Å². The lowest BCUT2D eigenvalue weighted by molar-refractivity contribution is 0.408. The highest BCUT2D eigenvalue weighted by Crippen LogP contribution is 2.37. The fourth-order valence-electron chi connectivity index (χ4n) is 2.91. The molecule has 21 heavy (non-hydrogen) atoms. The second-order valence-electron chi connectivity index (χ2n) is 5.80. The van der Waals surface area contributed by atoms with E-state index in [0.717, 1.165) is 41.6 Å². The van der Waals surface area contributed by atoms with Gasteiger partial charge < -0.3 is 9.64 Å². The van der Waals surface area contributed by atoms with Gasteiger partial charge in [0.2, 0.25) is 0 Å². The van der Waals surface area contributed by atoms with Crippen LogP contribution >= 0.6 is 11.6 Å². The predicted molar refractivity (Wildman–Crippen MR) is 87.6 cm³/mol. The number of rotatable bonds is 3. The number of halogens is 1. The van der Waals surface area contributed by atoms with Crippen LogP contribution in [0.3, 0.4) is 0 Å². The predicted octanol–water partition coefficient (Wildman–Crippen LogP) is 4.86. The number of nitrogens with zero attached hydrogens (tertiary/aromatic N) is 1. The fourth-order valence-corrected chi connectivity index (χ4v) is 3.09. The average Bonchev–Trinajstić information content (AvgIpc) is 2.89. The summed E-state index contributed by atoms with van der Waals surface area (Å²) in [6, 6.07) is 14.0. The van der Waals surface area contributed by atoms with Gasteiger partial charge in [0.25, 0.3) is 0 Å². The lowest BCUT2D eigenvalue weighted by Crippen LogP contribution is -2.13. The molecule has 0 bridgehead atoms. The van der Waals surface area contributed by atoms with Gasteiger partial charge in [0.15, 0.2) is 0 Å².